The van der Waals surface area contributed by atoms with E-state index in [4.69, 9.17) is 33.5 Å². The number of hydrogen-bond acceptors (Lipinski definition) is 17. The van der Waals surface area contributed by atoms with Gasteiger partial charge in [-0.05, 0) is 140 Å². The second-order valence-electron chi connectivity index (χ2n) is 27.7. The zero-order valence-corrected chi connectivity index (χ0v) is 63.8. The van der Waals surface area contributed by atoms with E-state index >= 15 is 0 Å². The Labute approximate surface area is 672 Å². The minimum atomic E-state index is 0.597. The van der Waals surface area contributed by atoms with Crippen LogP contribution in [0.15, 0.2) is 353 Å². The molecule has 17 heteroatoms. The first-order valence-electron chi connectivity index (χ1n) is 38.1. The first kappa shape index (κ1) is 72.5. The molecule has 0 N–H and O–H groups in total. The highest BCUT2D eigenvalue weighted by Gasteiger charge is 2.21. The van der Waals surface area contributed by atoms with Gasteiger partial charge in [0.05, 0.1) is 28.3 Å². The molecule has 0 amide bonds. The molecule has 0 unspecified atom stereocenters. The van der Waals surface area contributed by atoms with Crippen molar-refractivity contribution < 1.29 is 13.3 Å². The first-order chi connectivity index (χ1) is 57.5. The Morgan fingerprint density at radius 2 is 0.470 bits per heavy atom. The number of furan rings is 3. The highest BCUT2D eigenvalue weighted by atomic mass is 16.3. The molecule has 0 aliphatic heterocycles. The molecule has 0 atom stereocenters. The van der Waals surface area contributed by atoms with Gasteiger partial charge in [0.25, 0.3) is 0 Å². The molecular weight excluding hydrogens is 1450 g/mol. The van der Waals surface area contributed by atoms with Crippen LogP contribution >= 0.6 is 0 Å². The van der Waals surface area contributed by atoms with Gasteiger partial charge in [-0.15, -0.1) is 0 Å². The standard InChI is InChI=1S/2C28H19N3O.C22H15N5.C22H15N3O/c1-18-29-27(21-12-7-11-20(17-21)19-9-3-2-4-10-19)31-28(30-18)24-15-8-14-23-22-13-5-6-16-25(22)32-26(23)24;1-18-29-27(21-16-14-20(15-17-21)19-8-3-2-4-9-19)31-28(30-18)24-12-7-11-23-22-10-5-6-13-25(22)32-26(23)24;1-15-25-21(19-4-2-16(14-23)3-5-19)27-22(26-15)20-8-6-17(7-9-20)18-10-12-24-13-11-18;1-14-23-21(15-8-3-2-4-9-15)25-22(24-14)18-12-7-11-17-16-10-5-6-13-19(16)26-20(17)18/h2*2-17H,1H3;2-13H,1H3;2-13H,1H3. The van der Waals surface area contributed by atoms with Crippen molar-refractivity contribution in [2.75, 3.05) is 0 Å². The largest absolute Gasteiger partial charge is 0.455 e. The summed E-state index contributed by atoms with van der Waals surface area (Å²) in [6.07, 6.45) is 3.56. The molecule has 21 aromatic rings. The van der Waals surface area contributed by atoms with Crippen LogP contribution < -0.4 is 0 Å². The van der Waals surface area contributed by atoms with Crippen LogP contribution in [0.4, 0.5) is 0 Å². The summed E-state index contributed by atoms with van der Waals surface area (Å²) in [4.78, 5) is 59.5. The third-order valence-corrected chi connectivity index (χ3v) is 19.9. The van der Waals surface area contributed by atoms with Crippen molar-refractivity contribution >= 4 is 65.8 Å². The van der Waals surface area contributed by atoms with Gasteiger partial charge in [0.15, 0.2) is 46.6 Å². The highest BCUT2D eigenvalue weighted by molar-refractivity contribution is 6.11. The van der Waals surface area contributed by atoms with Gasteiger partial charge in [0.1, 0.15) is 56.8 Å². The van der Waals surface area contributed by atoms with E-state index in [1.807, 2.05) is 246 Å². The third kappa shape index (κ3) is 15.5. The summed E-state index contributed by atoms with van der Waals surface area (Å²) in [6, 6.07) is 111. The van der Waals surface area contributed by atoms with Crippen LogP contribution in [0.25, 0.3) is 190 Å². The Kier molecular flexibility index (Phi) is 20.0. The number of nitrogens with zero attached hydrogens (tertiary/aromatic N) is 14. The fourth-order valence-electron chi connectivity index (χ4n) is 14.3. The Morgan fingerprint density at radius 3 is 0.855 bits per heavy atom. The van der Waals surface area contributed by atoms with Crippen LogP contribution in [0.5, 0.6) is 0 Å². The average Bonchev–Trinajstić information content (AvgIpc) is 1.49. The van der Waals surface area contributed by atoms with Crippen LogP contribution in [0, 0.1) is 39.0 Å². The summed E-state index contributed by atoms with van der Waals surface area (Å²) in [5.41, 5.74) is 19.7. The number of pyridine rings is 1. The summed E-state index contributed by atoms with van der Waals surface area (Å²) in [5.74, 6) is 7.73. The number of benzene rings is 13. The molecule has 8 heterocycles. The van der Waals surface area contributed by atoms with Crippen molar-refractivity contribution in [3.8, 4) is 131 Å². The Balaban J connectivity index is 0.000000108. The zero-order chi connectivity index (χ0) is 79.1. The second-order valence-corrected chi connectivity index (χ2v) is 27.7. The van der Waals surface area contributed by atoms with Gasteiger partial charge in [-0.25, -0.2) is 59.8 Å². The van der Waals surface area contributed by atoms with Crippen LogP contribution in [0.2, 0.25) is 0 Å². The van der Waals surface area contributed by atoms with E-state index in [1.54, 1.807) is 24.5 Å². The summed E-state index contributed by atoms with van der Waals surface area (Å²) >= 11 is 0. The Hall–Kier alpha value is -16.1. The molecule has 117 heavy (non-hydrogen) atoms. The number of hydrogen-bond donors (Lipinski definition) is 0. The fourth-order valence-corrected chi connectivity index (χ4v) is 14.3. The predicted molar refractivity (Wildman–Crippen MR) is 462 cm³/mol. The number of para-hydroxylation sites is 6. The quantitative estimate of drug-likeness (QED) is 0.117. The maximum atomic E-state index is 8.95. The zero-order valence-electron chi connectivity index (χ0n) is 63.8. The van der Waals surface area contributed by atoms with E-state index < -0.39 is 0 Å². The fraction of sp³-hybridized carbons (Fsp3) is 0.0400. The van der Waals surface area contributed by atoms with Gasteiger partial charge in [0.2, 0.25) is 0 Å². The highest BCUT2D eigenvalue weighted by Crippen LogP contribution is 2.40. The number of rotatable bonds is 11. The third-order valence-electron chi connectivity index (χ3n) is 19.9. The minimum Gasteiger partial charge on any atom is -0.455 e. The Bertz CT molecular complexity index is 7240. The van der Waals surface area contributed by atoms with Crippen LogP contribution in [0.3, 0.4) is 0 Å². The molecule has 0 saturated carbocycles. The minimum absolute atomic E-state index is 0.597. The first-order valence-corrected chi connectivity index (χ1v) is 38.1. The lowest BCUT2D eigenvalue weighted by Gasteiger charge is -2.08. The second kappa shape index (κ2) is 32.3. The maximum Gasteiger partial charge on any atom is 0.167 e. The van der Waals surface area contributed by atoms with E-state index in [-0.39, 0.29) is 0 Å². The topological polar surface area (TPSA) is 231 Å². The van der Waals surface area contributed by atoms with E-state index in [0.29, 0.717) is 75.5 Å². The molecule has 0 spiro atoms. The van der Waals surface area contributed by atoms with Gasteiger partial charge in [-0.3, -0.25) is 4.98 Å². The molecule has 0 fully saturated rings. The van der Waals surface area contributed by atoms with Crippen molar-refractivity contribution in [3.05, 3.63) is 369 Å². The van der Waals surface area contributed by atoms with Crippen LogP contribution in [-0.4, -0.2) is 64.8 Å². The SMILES string of the molecule is Cc1nc(-c2ccc(-c3ccccc3)cc2)nc(-c2cccc3c2oc2ccccc23)n1.Cc1nc(-c2ccc(C#N)cc2)nc(-c2ccc(-c3ccncc3)cc2)n1.Cc1nc(-c2cccc(-c3ccccc3)c2)nc(-c2cccc3c2oc2ccccc23)n1.Cc1nc(-c2ccccc2)nc(-c2cccc3c2oc2ccccc23)n1. The van der Waals surface area contributed by atoms with Crippen molar-refractivity contribution in [1.29, 1.82) is 5.26 Å². The van der Waals surface area contributed by atoms with Crippen molar-refractivity contribution in [2.24, 2.45) is 0 Å². The smallest absolute Gasteiger partial charge is 0.167 e. The molecule has 8 aromatic heterocycles. The van der Waals surface area contributed by atoms with E-state index in [2.05, 4.69) is 153 Å². The van der Waals surface area contributed by atoms with Crippen molar-refractivity contribution in [1.82, 2.24) is 64.8 Å². The van der Waals surface area contributed by atoms with E-state index in [9.17, 15) is 0 Å². The van der Waals surface area contributed by atoms with Crippen molar-refractivity contribution in [3.63, 3.8) is 0 Å². The molecule has 13 aromatic carbocycles. The lowest BCUT2D eigenvalue weighted by molar-refractivity contribution is 0.669. The molecule has 556 valence electrons. The van der Waals surface area contributed by atoms with Crippen LogP contribution in [0.1, 0.15) is 28.9 Å². The van der Waals surface area contributed by atoms with Gasteiger partial charge < -0.3 is 13.3 Å². The molecule has 21 rings (SSSR count). The summed E-state index contributed by atoms with van der Waals surface area (Å²) < 4.78 is 18.5. The van der Waals surface area contributed by atoms with Gasteiger partial charge in [0, 0.05) is 72.5 Å². The average molecular weight is 1510 g/mol. The lowest BCUT2D eigenvalue weighted by Crippen LogP contribution is -1.99. The van der Waals surface area contributed by atoms with Gasteiger partial charge >= 0.3 is 0 Å². The predicted octanol–water partition coefficient (Wildman–Crippen LogP) is 24.0. The number of aromatic nitrogens is 13. The molecular formula is C100H68N14O3. The number of nitriles is 1. The molecule has 0 saturated heterocycles. The molecule has 0 radical (unpaired) electrons. The number of aryl methyl sites for hydroxylation is 4. The van der Waals surface area contributed by atoms with Gasteiger partial charge in [-0.1, -0.05) is 249 Å². The number of fused-ring (bicyclic) bond motifs is 9. The normalized spacial score (nSPS) is 11.1. The summed E-state index contributed by atoms with van der Waals surface area (Å²) in [6.45, 7) is 7.53. The van der Waals surface area contributed by atoms with Crippen LogP contribution in [-0.2, 0) is 0 Å². The summed E-state index contributed by atoms with van der Waals surface area (Å²) in [7, 11) is 0. The van der Waals surface area contributed by atoms with Gasteiger partial charge in [-0.2, -0.15) is 5.26 Å². The summed E-state index contributed by atoms with van der Waals surface area (Å²) in [5, 5.41) is 15.4. The molecule has 0 bridgehead atoms. The maximum absolute atomic E-state index is 8.95. The molecule has 0 aliphatic carbocycles. The van der Waals surface area contributed by atoms with E-state index in [1.165, 1.54) is 5.56 Å². The monoisotopic (exact) mass is 1510 g/mol. The lowest BCUT2D eigenvalue weighted by atomic mass is 10.0. The Morgan fingerprint density at radius 1 is 0.214 bits per heavy atom. The molecule has 0 aliphatic rings. The van der Waals surface area contributed by atoms with Crippen molar-refractivity contribution in [2.45, 2.75) is 27.7 Å². The van der Waals surface area contributed by atoms with E-state index in [0.717, 1.165) is 138 Å². The molecule has 17 nitrogen and oxygen atoms in total.